The van der Waals surface area contributed by atoms with Gasteiger partial charge in [0.2, 0.25) is 5.75 Å². The molecule has 0 radical (unpaired) electrons. The molecule has 2 N–H and O–H groups in total. The largest absolute Gasteiger partial charge is 0.502 e. The van der Waals surface area contributed by atoms with E-state index in [2.05, 4.69) is 12.2 Å². The van der Waals surface area contributed by atoms with E-state index in [9.17, 15) is 9.90 Å². The first-order chi connectivity index (χ1) is 9.99. The molecule has 1 aromatic carbocycles. The van der Waals surface area contributed by atoms with Gasteiger partial charge in [0.25, 0.3) is 5.91 Å². The van der Waals surface area contributed by atoms with Crippen LogP contribution < -0.4 is 14.8 Å². The molecule has 0 bridgehead atoms. The summed E-state index contributed by atoms with van der Waals surface area (Å²) in [5.74, 6) is 1.30. The third-order valence-corrected chi connectivity index (χ3v) is 5.20. The monoisotopic (exact) mass is 311 g/mol. The minimum absolute atomic E-state index is 0.102. The number of carbonyl (C=O) groups excluding carboxylic acids is 1. The van der Waals surface area contributed by atoms with Crippen LogP contribution in [0.2, 0.25) is 0 Å². The van der Waals surface area contributed by atoms with Gasteiger partial charge in [-0.25, -0.2) is 0 Å². The molecule has 21 heavy (non-hydrogen) atoms. The van der Waals surface area contributed by atoms with Gasteiger partial charge in [-0.05, 0) is 37.7 Å². The quantitative estimate of drug-likeness (QED) is 0.874. The van der Waals surface area contributed by atoms with Gasteiger partial charge in [0.1, 0.15) is 0 Å². The molecule has 1 aliphatic heterocycles. The van der Waals surface area contributed by atoms with Crippen LogP contribution in [0.1, 0.15) is 30.1 Å². The summed E-state index contributed by atoms with van der Waals surface area (Å²) in [5.41, 5.74) is 0.410. The van der Waals surface area contributed by atoms with E-state index < -0.39 is 0 Å². The minimum atomic E-state index is -0.194. The first-order valence-electron chi connectivity index (χ1n) is 6.86. The molecule has 0 spiro atoms. The summed E-state index contributed by atoms with van der Waals surface area (Å²) >= 11 is 1.90. The minimum Gasteiger partial charge on any atom is -0.502 e. The molecule has 0 aliphatic carbocycles. The molecule has 1 amide bonds. The van der Waals surface area contributed by atoms with Crippen LogP contribution >= 0.6 is 11.8 Å². The highest BCUT2D eigenvalue weighted by Gasteiger charge is 2.30. The van der Waals surface area contributed by atoms with Crippen LogP contribution in [0.25, 0.3) is 0 Å². The highest BCUT2D eigenvalue weighted by Crippen LogP contribution is 2.38. The lowest BCUT2D eigenvalue weighted by Gasteiger charge is -2.23. The molecular weight excluding hydrogens is 290 g/mol. The normalized spacial score (nSPS) is 21.1. The van der Waals surface area contributed by atoms with Gasteiger partial charge >= 0.3 is 0 Å². The van der Waals surface area contributed by atoms with Gasteiger partial charge in [0, 0.05) is 16.9 Å². The number of hydrogen-bond acceptors (Lipinski definition) is 5. The molecule has 1 aromatic rings. The Morgan fingerprint density at radius 2 is 2.00 bits per heavy atom. The average molecular weight is 311 g/mol. The zero-order valence-corrected chi connectivity index (χ0v) is 13.4. The standard InChI is InChI=1S/C15H21NO4S/c1-15(5-4-6-21-15)9-16-14(18)10-7-11(19-2)13(17)12(8-10)20-3/h7-8,17H,4-6,9H2,1-3H3,(H,16,18). The Kier molecular flexibility index (Phi) is 4.88. The maximum Gasteiger partial charge on any atom is 0.251 e. The maximum atomic E-state index is 12.3. The Labute approximate surface area is 129 Å². The summed E-state index contributed by atoms with van der Waals surface area (Å²) in [4.78, 5) is 12.3. The summed E-state index contributed by atoms with van der Waals surface area (Å²) in [6.45, 7) is 2.80. The molecule has 5 nitrogen and oxygen atoms in total. The molecule has 2 rings (SSSR count). The van der Waals surface area contributed by atoms with Gasteiger partial charge < -0.3 is 19.9 Å². The van der Waals surface area contributed by atoms with Gasteiger partial charge in [-0.3, -0.25) is 4.79 Å². The SMILES string of the molecule is COc1cc(C(=O)NCC2(C)CCCS2)cc(OC)c1O. The third-order valence-electron chi connectivity index (χ3n) is 3.67. The molecular formula is C15H21NO4S. The first kappa shape index (κ1) is 15.8. The smallest absolute Gasteiger partial charge is 0.251 e. The van der Waals surface area contributed by atoms with E-state index in [0.29, 0.717) is 12.1 Å². The van der Waals surface area contributed by atoms with Crippen molar-refractivity contribution in [1.29, 1.82) is 0 Å². The molecule has 0 aromatic heterocycles. The topological polar surface area (TPSA) is 67.8 Å². The van der Waals surface area contributed by atoms with Crippen molar-refractivity contribution >= 4 is 17.7 Å². The molecule has 116 valence electrons. The fourth-order valence-electron chi connectivity index (χ4n) is 2.37. The number of carbonyl (C=O) groups is 1. The van der Waals surface area contributed by atoms with Crippen molar-refractivity contribution in [3.8, 4) is 17.2 Å². The predicted molar refractivity (Wildman–Crippen MR) is 83.6 cm³/mol. The molecule has 1 saturated heterocycles. The van der Waals surface area contributed by atoms with Crippen LogP contribution in [-0.2, 0) is 0 Å². The summed E-state index contributed by atoms with van der Waals surface area (Å²) in [6.07, 6.45) is 2.30. The Bertz CT molecular complexity index is 501. The number of amides is 1. The highest BCUT2D eigenvalue weighted by atomic mass is 32.2. The number of hydrogen-bond donors (Lipinski definition) is 2. The zero-order valence-electron chi connectivity index (χ0n) is 12.6. The van der Waals surface area contributed by atoms with E-state index in [0.717, 1.165) is 12.2 Å². The van der Waals surface area contributed by atoms with Gasteiger partial charge in [-0.1, -0.05) is 0 Å². The average Bonchev–Trinajstić information content (AvgIpc) is 2.92. The van der Waals surface area contributed by atoms with E-state index >= 15 is 0 Å². The number of methoxy groups -OCH3 is 2. The second-order valence-corrected chi connectivity index (χ2v) is 7.00. The van der Waals surface area contributed by atoms with Gasteiger partial charge in [-0.2, -0.15) is 11.8 Å². The number of nitrogens with one attached hydrogen (secondary N) is 1. The number of aromatic hydroxyl groups is 1. The van der Waals surface area contributed by atoms with E-state index in [4.69, 9.17) is 9.47 Å². The number of ether oxygens (including phenoxy) is 2. The van der Waals surface area contributed by atoms with E-state index in [1.165, 1.54) is 32.8 Å². The number of benzene rings is 1. The van der Waals surface area contributed by atoms with Crippen molar-refractivity contribution in [2.24, 2.45) is 0 Å². The van der Waals surface area contributed by atoms with Crippen LogP contribution in [0.5, 0.6) is 17.2 Å². The number of phenols is 1. The van der Waals surface area contributed by atoms with Crippen molar-refractivity contribution < 1.29 is 19.4 Å². The van der Waals surface area contributed by atoms with Crippen LogP contribution in [-0.4, -0.2) is 42.3 Å². The molecule has 1 atom stereocenters. The second-order valence-electron chi connectivity index (χ2n) is 5.31. The zero-order chi connectivity index (χ0) is 15.5. The molecule has 1 aliphatic rings. The van der Waals surface area contributed by atoms with Crippen LogP contribution in [0.4, 0.5) is 0 Å². The van der Waals surface area contributed by atoms with Crippen molar-refractivity contribution in [2.75, 3.05) is 26.5 Å². The first-order valence-corrected chi connectivity index (χ1v) is 7.85. The molecule has 1 fully saturated rings. The Hall–Kier alpha value is -1.56. The summed E-state index contributed by atoms with van der Waals surface area (Å²) in [7, 11) is 2.87. The lowest BCUT2D eigenvalue weighted by atomic mass is 10.1. The lowest BCUT2D eigenvalue weighted by Crippen LogP contribution is -2.36. The Morgan fingerprint density at radius 1 is 1.38 bits per heavy atom. The Balaban J connectivity index is 2.11. The van der Waals surface area contributed by atoms with Gasteiger partial charge in [0.05, 0.1) is 14.2 Å². The maximum absolute atomic E-state index is 12.3. The second kappa shape index (κ2) is 6.47. The van der Waals surface area contributed by atoms with Crippen molar-refractivity contribution in [3.05, 3.63) is 17.7 Å². The molecule has 0 saturated carbocycles. The number of phenolic OH excluding ortho intramolecular Hbond substituents is 1. The van der Waals surface area contributed by atoms with E-state index in [1.54, 1.807) is 0 Å². The summed E-state index contributed by atoms with van der Waals surface area (Å²) in [6, 6.07) is 3.02. The molecule has 1 heterocycles. The highest BCUT2D eigenvalue weighted by molar-refractivity contribution is 8.00. The van der Waals surface area contributed by atoms with Crippen LogP contribution in [0, 0.1) is 0 Å². The fourth-order valence-corrected chi connectivity index (χ4v) is 3.61. The molecule has 6 heteroatoms. The van der Waals surface area contributed by atoms with Gasteiger partial charge in [-0.15, -0.1) is 0 Å². The summed E-state index contributed by atoms with van der Waals surface area (Å²) < 4.78 is 10.2. The summed E-state index contributed by atoms with van der Waals surface area (Å²) in [5, 5.41) is 12.8. The third kappa shape index (κ3) is 3.56. The number of thioether (sulfide) groups is 1. The van der Waals surface area contributed by atoms with Crippen molar-refractivity contribution in [3.63, 3.8) is 0 Å². The predicted octanol–water partition coefficient (Wildman–Crippen LogP) is 2.42. The van der Waals surface area contributed by atoms with Gasteiger partial charge in [0.15, 0.2) is 11.5 Å². The van der Waals surface area contributed by atoms with E-state index in [-0.39, 0.29) is 27.9 Å². The molecule has 1 unspecified atom stereocenters. The fraction of sp³-hybridized carbons (Fsp3) is 0.533. The lowest BCUT2D eigenvalue weighted by molar-refractivity contribution is 0.0949. The van der Waals surface area contributed by atoms with E-state index in [1.807, 2.05) is 11.8 Å². The van der Waals surface area contributed by atoms with Crippen molar-refractivity contribution in [1.82, 2.24) is 5.32 Å². The van der Waals surface area contributed by atoms with Crippen LogP contribution in [0.15, 0.2) is 12.1 Å². The Morgan fingerprint density at radius 3 is 2.48 bits per heavy atom. The van der Waals surface area contributed by atoms with Crippen molar-refractivity contribution in [2.45, 2.75) is 24.5 Å². The van der Waals surface area contributed by atoms with Crippen LogP contribution in [0.3, 0.4) is 0 Å². The number of rotatable bonds is 5.